The molecule has 1 aliphatic carbocycles. The van der Waals surface area contributed by atoms with Crippen LogP contribution in [0.3, 0.4) is 0 Å². The highest BCUT2D eigenvalue weighted by atomic mass is 16.5. The molecule has 2 heteroatoms. The van der Waals surface area contributed by atoms with Crippen molar-refractivity contribution in [3.63, 3.8) is 0 Å². The maximum Gasteiger partial charge on any atom is 0.0667 e. The van der Waals surface area contributed by atoms with E-state index >= 15 is 0 Å². The van der Waals surface area contributed by atoms with Crippen molar-refractivity contribution in [2.45, 2.75) is 32.3 Å². The first kappa shape index (κ1) is 9.01. The summed E-state index contributed by atoms with van der Waals surface area (Å²) in [6.45, 7) is 4.24. The summed E-state index contributed by atoms with van der Waals surface area (Å²) in [5, 5.41) is 3.38. The lowest BCUT2D eigenvalue weighted by molar-refractivity contribution is 0.117. The van der Waals surface area contributed by atoms with Crippen LogP contribution < -0.4 is 5.32 Å². The lowest BCUT2D eigenvalue weighted by Gasteiger charge is -2.09. The van der Waals surface area contributed by atoms with E-state index in [1.54, 1.807) is 7.11 Å². The van der Waals surface area contributed by atoms with Crippen LogP contribution in [0.25, 0.3) is 0 Å². The van der Waals surface area contributed by atoms with Crippen molar-refractivity contribution in [1.82, 2.24) is 5.32 Å². The van der Waals surface area contributed by atoms with Crippen LogP contribution in [0.5, 0.6) is 0 Å². The Morgan fingerprint density at radius 1 is 1.55 bits per heavy atom. The third-order valence-corrected chi connectivity index (χ3v) is 2.26. The molecule has 0 aromatic heterocycles. The van der Waals surface area contributed by atoms with Gasteiger partial charge in [0, 0.05) is 13.7 Å². The largest absolute Gasteiger partial charge is 0.380 e. The Hall–Kier alpha value is -0.0800. The molecule has 1 rings (SSSR count). The van der Waals surface area contributed by atoms with Crippen molar-refractivity contribution in [2.75, 3.05) is 20.2 Å². The van der Waals surface area contributed by atoms with Crippen LogP contribution in [-0.2, 0) is 4.74 Å². The summed E-state index contributed by atoms with van der Waals surface area (Å²) >= 11 is 0. The molecule has 0 bridgehead atoms. The number of nitrogens with one attached hydrogen (secondary N) is 1. The molecular formula is C9H19NO. The van der Waals surface area contributed by atoms with Gasteiger partial charge in [0.15, 0.2) is 0 Å². The molecule has 2 nitrogen and oxygen atoms in total. The van der Waals surface area contributed by atoms with Crippen molar-refractivity contribution in [2.24, 2.45) is 5.92 Å². The van der Waals surface area contributed by atoms with E-state index in [0.29, 0.717) is 6.10 Å². The highest BCUT2D eigenvalue weighted by molar-refractivity contribution is 4.73. The van der Waals surface area contributed by atoms with Gasteiger partial charge in [0.05, 0.1) is 6.10 Å². The van der Waals surface area contributed by atoms with E-state index in [1.165, 1.54) is 25.8 Å². The van der Waals surface area contributed by atoms with Crippen LogP contribution in [-0.4, -0.2) is 26.3 Å². The van der Waals surface area contributed by atoms with Crippen molar-refractivity contribution in [3.8, 4) is 0 Å². The first-order valence-electron chi connectivity index (χ1n) is 4.56. The normalized spacial score (nSPS) is 20.2. The Bertz CT molecular complexity index is 102. The summed E-state index contributed by atoms with van der Waals surface area (Å²) in [7, 11) is 1.76. The van der Waals surface area contributed by atoms with E-state index in [1.807, 2.05) is 0 Å². The zero-order valence-electron chi connectivity index (χ0n) is 7.60. The quantitative estimate of drug-likeness (QED) is 0.589. The molecule has 1 atom stereocenters. The fraction of sp³-hybridized carbons (Fsp3) is 1.00. The van der Waals surface area contributed by atoms with Crippen molar-refractivity contribution in [1.29, 1.82) is 0 Å². The smallest absolute Gasteiger partial charge is 0.0667 e. The van der Waals surface area contributed by atoms with Gasteiger partial charge < -0.3 is 10.1 Å². The summed E-state index contributed by atoms with van der Waals surface area (Å²) in [6.07, 6.45) is 4.63. The maximum atomic E-state index is 5.11. The van der Waals surface area contributed by atoms with Gasteiger partial charge in [-0.3, -0.25) is 0 Å². The molecule has 0 aromatic rings. The minimum Gasteiger partial charge on any atom is -0.380 e. The Morgan fingerprint density at radius 2 is 2.27 bits per heavy atom. The number of hydrogen-bond acceptors (Lipinski definition) is 2. The minimum atomic E-state index is 0.356. The molecular weight excluding hydrogens is 138 g/mol. The average molecular weight is 157 g/mol. The predicted octanol–water partition coefficient (Wildman–Crippen LogP) is 1.41. The van der Waals surface area contributed by atoms with Gasteiger partial charge in [0.25, 0.3) is 0 Å². The highest BCUT2D eigenvalue weighted by Crippen LogP contribution is 2.31. The van der Waals surface area contributed by atoms with E-state index < -0.39 is 0 Å². The molecule has 0 aromatic carbocycles. The molecule has 1 unspecified atom stereocenters. The van der Waals surface area contributed by atoms with Gasteiger partial charge >= 0.3 is 0 Å². The first-order chi connectivity index (χ1) is 5.33. The summed E-state index contributed by atoms with van der Waals surface area (Å²) in [5.41, 5.74) is 0. The topological polar surface area (TPSA) is 21.3 Å². The van der Waals surface area contributed by atoms with Gasteiger partial charge in [-0.1, -0.05) is 12.8 Å². The van der Waals surface area contributed by atoms with Gasteiger partial charge in [-0.15, -0.1) is 0 Å². The van der Waals surface area contributed by atoms with Crippen molar-refractivity contribution in [3.05, 3.63) is 0 Å². The molecule has 0 spiro atoms. The molecule has 66 valence electrons. The third-order valence-electron chi connectivity index (χ3n) is 2.26. The molecule has 1 N–H and O–H groups in total. The van der Waals surface area contributed by atoms with Crippen LogP contribution in [0.2, 0.25) is 0 Å². The Labute approximate surface area is 69.3 Å². The van der Waals surface area contributed by atoms with Crippen LogP contribution >= 0.6 is 0 Å². The Kier molecular flexibility index (Phi) is 3.87. The SMILES string of the molecule is COC(C)CNCCC1CC1. The van der Waals surface area contributed by atoms with Gasteiger partial charge in [0.2, 0.25) is 0 Å². The van der Waals surface area contributed by atoms with E-state index in [9.17, 15) is 0 Å². The van der Waals surface area contributed by atoms with Crippen LogP contribution in [0.4, 0.5) is 0 Å². The first-order valence-corrected chi connectivity index (χ1v) is 4.56. The van der Waals surface area contributed by atoms with E-state index in [0.717, 1.165) is 12.5 Å². The molecule has 1 aliphatic rings. The number of ether oxygens (including phenoxy) is 1. The van der Waals surface area contributed by atoms with Crippen molar-refractivity contribution >= 4 is 0 Å². The standard InChI is InChI=1S/C9H19NO/c1-8(11-2)7-10-6-5-9-3-4-9/h8-10H,3-7H2,1-2H3. The summed E-state index contributed by atoms with van der Waals surface area (Å²) in [6, 6.07) is 0. The highest BCUT2D eigenvalue weighted by Gasteiger charge is 2.19. The molecule has 1 fully saturated rings. The minimum absolute atomic E-state index is 0.356. The zero-order valence-corrected chi connectivity index (χ0v) is 7.60. The molecule has 11 heavy (non-hydrogen) atoms. The lowest BCUT2D eigenvalue weighted by atomic mass is 10.3. The summed E-state index contributed by atoms with van der Waals surface area (Å²) in [4.78, 5) is 0. The Balaban J connectivity index is 1.79. The van der Waals surface area contributed by atoms with Crippen LogP contribution in [0, 0.1) is 5.92 Å². The van der Waals surface area contributed by atoms with E-state index in [4.69, 9.17) is 4.74 Å². The zero-order chi connectivity index (χ0) is 8.10. The molecule has 0 heterocycles. The number of rotatable bonds is 6. The van der Waals surface area contributed by atoms with Gasteiger partial charge in [0.1, 0.15) is 0 Å². The second kappa shape index (κ2) is 4.73. The van der Waals surface area contributed by atoms with Gasteiger partial charge in [-0.25, -0.2) is 0 Å². The summed E-state index contributed by atoms with van der Waals surface area (Å²) < 4.78 is 5.11. The molecule has 1 saturated carbocycles. The molecule has 0 radical (unpaired) electrons. The monoisotopic (exact) mass is 157 g/mol. The van der Waals surface area contributed by atoms with E-state index in [-0.39, 0.29) is 0 Å². The molecule has 0 saturated heterocycles. The Morgan fingerprint density at radius 3 is 2.82 bits per heavy atom. The maximum absolute atomic E-state index is 5.11. The fourth-order valence-electron chi connectivity index (χ4n) is 1.10. The second-order valence-corrected chi connectivity index (χ2v) is 3.48. The average Bonchev–Trinajstić information content (AvgIpc) is 2.81. The predicted molar refractivity (Wildman–Crippen MR) is 46.7 cm³/mol. The summed E-state index contributed by atoms with van der Waals surface area (Å²) in [5.74, 6) is 1.04. The van der Waals surface area contributed by atoms with Gasteiger partial charge in [-0.2, -0.15) is 0 Å². The lowest BCUT2D eigenvalue weighted by Crippen LogP contribution is -2.26. The number of hydrogen-bond donors (Lipinski definition) is 1. The third kappa shape index (κ3) is 4.38. The van der Waals surface area contributed by atoms with Crippen molar-refractivity contribution < 1.29 is 4.74 Å². The molecule has 0 amide bonds. The van der Waals surface area contributed by atoms with Crippen LogP contribution in [0.15, 0.2) is 0 Å². The number of methoxy groups -OCH3 is 1. The van der Waals surface area contributed by atoms with Crippen LogP contribution in [0.1, 0.15) is 26.2 Å². The van der Waals surface area contributed by atoms with Gasteiger partial charge in [-0.05, 0) is 25.8 Å². The van der Waals surface area contributed by atoms with E-state index in [2.05, 4.69) is 12.2 Å². The molecule has 0 aliphatic heterocycles. The fourth-order valence-corrected chi connectivity index (χ4v) is 1.10. The second-order valence-electron chi connectivity index (χ2n) is 3.48.